The van der Waals surface area contributed by atoms with Gasteiger partial charge in [0.2, 0.25) is 0 Å². The predicted octanol–water partition coefficient (Wildman–Crippen LogP) is 1.79. The molecule has 0 bridgehead atoms. The smallest absolute Gasteiger partial charge is 0.265 e. The summed E-state index contributed by atoms with van der Waals surface area (Å²) in [5, 5.41) is 0.933. The molecule has 17 heavy (non-hydrogen) atoms. The Morgan fingerprint density at radius 3 is 3.00 bits per heavy atom. The zero-order chi connectivity index (χ0) is 12.4. The summed E-state index contributed by atoms with van der Waals surface area (Å²) in [6.07, 6.45) is 4.93. The third-order valence-electron chi connectivity index (χ3n) is 3.25. The van der Waals surface area contributed by atoms with Crippen molar-refractivity contribution in [1.82, 2.24) is 9.88 Å². The fourth-order valence-electron chi connectivity index (χ4n) is 2.36. The van der Waals surface area contributed by atoms with Crippen LogP contribution in [0.4, 0.5) is 0 Å². The van der Waals surface area contributed by atoms with E-state index in [2.05, 4.69) is 4.98 Å². The molecule has 1 saturated heterocycles. The molecule has 0 unspecified atom stereocenters. The first kappa shape index (κ1) is 12.5. The average molecular weight is 253 g/mol. The van der Waals surface area contributed by atoms with Gasteiger partial charge in [0.25, 0.3) is 5.91 Å². The molecule has 2 heterocycles. The molecule has 1 aliphatic heterocycles. The highest BCUT2D eigenvalue weighted by atomic mass is 32.1. The maximum absolute atomic E-state index is 12.4. The molecule has 0 spiro atoms. The van der Waals surface area contributed by atoms with Gasteiger partial charge < -0.3 is 10.6 Å². The van der Waals surface area contributed by atoms with Gasteiger partial charge in [-0.15, -0.1) is 11.3 Å². The van der Waals surface area contributed by atoms with Gasteiger partial charge in [-0.1, -0.05) is 0 Å². The van der Waals surface area contributed by atoms with E-state index in [4.69, 9.17) is 5.73 Å². The van der Waals surface area contributed by atoms with Crippen LogP contribution in [-0.4, -0.2) is 34.4 Å². The highest BCUT2D eigenvalue weighted by Gasteiger charge is 2.30. The number of nitrogens with two attached hydrogens (primary N) is 1. The summed E-state index contributed by atoms with van der Waals surface area (Å²) >= 11 is 1.46. The van der Waals surface area contributed by atoms with E-state index < -0.39 is 0 Å². The minimum atomic E-state index is 0.0354. The summed E-state index contributed by atoms with van der Waals surface area (Å²) < 4.78 is 0. The van der Waals surface area contributed by atoms with E-state index in [9.17, 15) is 4.79 Å². The lowest BCUT2D eigenvalue weighted by Gasteiger charge is -2.37. The third kappa shape index (κ3) is 2.66. The molecule has 0 aromatic carbocycles. The molecule has 2 N–H and O–H groups in total. The molecule has 2 rings (SSSR count). The first-order valence-electron chi connectivity index (χ1n) is 6.08. The van der Waals surface area contributed by atoms with Crippen molar-refractivity contribution in [3.8, 4) is 0 Å². The second kappa shape index (κ2) is 5.14. The van der Waals surface area contributed by atoms with Crippen molar-refractivity contribution >= 4 is 17.2 Å². The molecular formula is C12H19N3OS. The molecule has 2 atom stereocenters. The number of hydrogen-bond acceptors (Lipinski definition) is 4. The van der Waals surface area contributed by atoms with E-state index in [0.29, 0.717) is 0 Å². The minimum Gasteiger partial charge on any atom is -0.333 e. The van der Waals surface area contributed by atoms with Crippen molar-refractivity contribution in [1.29, 1.82) is 0 Å². The molecule has 0 aliphatic carbocycles. The Morgan fingerprint density at radius 2 is 2.41 bits per heavy atom. The van der Waals surface area contributed by atoms with Gasteiger partial charge in [-0.2, -0.15) is 0 Å². The van der Waals surface area contributed by atoms with Crippen LogP contribution in [-0.2, 0) is 0 Å². The Bertz CT molecular complexity index is 402. The Balaban J connectivity index is 2.16. The predicted molar refractivity (Wildman–Crippen MR) is 69.2 cm³/mol. The fraction of sp³-hybridized carbons (Fsp3) is 0.667. The highest BCUT2D eigenvalue weighted by Crippen LogP contribution is 2.23. The second-order valence-corrected chi connectivity index (χ2v) is 5.90. The number of aromatic nitrogens is 1. The van der Waals surface area contributed by atoms with Crippen molar-refractivity contribution in [2.24, 2.45) is 5.73 Å². The van der Waals surface area contributed by atoms with Gasteiger partial charge in [0, 0.05) is 18.6 Å². The SMILES string of the molecule is Cc1ncc(C(=O)N2CCCC[C@@H]2[C@H](C)N)s1. The number of hydrogen-bond donors (Lipinski definition) is 1. The lowest BCUT2D eigenvalue weighted by molar-refractivity contribution is 0.0588. The number of amides is 1. The number of piperidine rings is 1. The summed E-state index contributed by atoms with van der Waals surface area (Å²) in [5.74, 6) is 0.0950. The molecular weight excluding hydrogens is 234 g/mol. The first-order valence-corrected chi connectivity index (χ1v) is 6.90. The van der Waals surface area contributed by atoms with Gasteiger partial charge in [0.1, 0.15) is 4.88 Å². The molecule has 1 aromatic rings. The molecule has 1 amide bonds. The van der Waals surface area contributed by atoms with Gasteiger partial charge in [0.15, 0.2) is 0 Å². The topological polar surface area (TPSA) is 59.2 Å². The van der Waals surface area contributed by atoms with Crippen molar-refractivity contribution in [2.75, 3.05) is 6.54 Å². The Morgan fingerprint density at radius 1 is 1.65 bits per heavy atom. The van der Waals surface area contributed by atoms with Gasteiger partial charge in [-0.25, -0.2) is 4.98 Å². The molecule has 1 aliphatic rings. The zero-order valence-corrected chi connectivity index (χ0v) is 11.2. The van der Waals surface area contributed by atoms with Crippen LogP contribution in [0.5, 0.6) is 0 Å². The molecule has 0 radical (unpaired) electrons. The number of carbonyl (C=O) groups is 1. The number of nitrogens with zero attached hydrogens (tertiary/aromatic N) is 2. The summed E-state index contributed by atoms with van der Waals surface area (Å²) in [6.45, 7) is 4.72. The van der Waals surface area contributed by atoms with Crippen LogP contribution in [0.1, 0.15) is 40.9 Å². The maximum Gasteiger partial charge on any atom is 0.265 e. The average Bonchev–Trinajstić information content (AvgIpc) is 2.75. The van der Waals surface area contributed by atoms with Crippen molar-refractivity contribution in [3.63, 3.8) is 0 Å². The van der Waals surface area contributed by atoms with Crippen LogP contribution in [0.2, 0.25) is 0 Å². The second-order valence-electron chi connectivity index (χ2n) is 4.66. The minimum absolute atomic E-state index is 0.0354. The lowest BCUT2D eigenvalue weighted by Crippen LogP contribution is -2.51. The van der Waals surface area contributed by atoms with E-state index in [-0.39, 0.29) is 18.0 Å². The van der Waals surface area contributed by atoms with Crippen LogP contribution < -0.4 is 5.73 Å². The van der Waals surface area contributed by atoms with Crippen LogP contribution in [0.25, 0.3) is 0 Å². The zero-order valence-electron chi connectivity index (χ0n) is 10.3. The summed E-state index contributed by atoms with van der Waals surface area (Å²) in [5.41, 5.74) is 5.97. The monoisotopic (exact) mass is 253 g/mol. The van der Waals surface area contributed by atoms with Crippen molar-refractivity contribution in [2.45, 2.75) is 45.2 Å². The maximum atomic E-state index is 12.4. The van der Waals surface area contributed by atoms with Crippen molar-refractivity contribution in [3.05, 3.63) is 16.1 Å². The summed E-state index contributed by atoms with van der Waals surface area (Å²) in [7, 11) is 0. The van der Waals surface area contributed by atoms with Crippen LogP contribution in [0.15, 0.2) is 6.20 Å². The number of rotatable bonds is 2. The van der Waals surface area contributed by atoms with Gasteiger partial charge in [-0.05, 0) is 33.1 Å². The quantitative estimate of drug-likeness (QED) is 0.874. The Labute approximate surface area is 106 Å². The molecule has 94 valence electrons. The Kier molecular flexibility index (Phi) is 3.79. The molecule has 4 nitrogen and oxygen atoms in total. The standard InChI is InChI=1S/C12H19N3OS/c1-8(13)10-5-3-4-6-15(10)12(16)11-7-14-9(2)17-11/h7-8,10H,3-6,13H2,1-2H3/t8-,10+/m0/s1. The number of carbonyl (C=O) groups excluding carboxylic acids is 1. The van der Waals surface area contributed by atoms with E-state index in [1.54, 1.807) is 6.20 Å². The van der Waals surface area contributed by atoms with Crippen LogP contribution in [0, 0.1) is 6.92 Å². The highest BCUT2D eigenvalue weighted by molar-refractivity contribution is 7.13. The van der Waals surface area contributed by atoms with Gasteiger partial charge >= 0.3 is 0 Å². The largest absolute Gasteiger partial charge is 0.333 e. The fourth-order valence-corrected chi connectivity index (χ4v) is 3.09. The van der Waals surface area contributed by atoms with Crippen LogP contribution >= 0.6 is 11.3 Å². The van der Waals surface area contributed by atoms with E-state index >= 15 is 0 Å². The number of likely N-dealkylation sites (tertiary alicyclic amines) is 1. The number of thiazole rings is 1. The van der Waals surface area contributed by atoms with E-state index in [1.807, 2.05) is 18.7 Å². The molecule has 5 heteroatoms. The first-order chi connectivity index (χ1) is 8.09. The lowest BCUT2D eigenvalue weighted by atomic mass is 9.97. The van der Waals surface area contributed by atoms with Crippen LogP contribution in [0.3, 0.4) is 0 Å². The van der Waals surface area contributed by atoms with E-state index in [1.165, 1.54) is 11.3 Å². The molecule has 1 aromatic heterocycles. The molecule has 0 saturated carbocycles. The number of aryl methyl sites for hydroxylation is 1. The van der Waals surface area contributed by atoms with Gasteiger partial charge in [-0.3, -0.25) is 4.79 Å². The third-order valence-corrected chi connectivity index (χ3v) is 4.15. The summed E-state index contributed by atoms with van der Waals surface area (Å²) in [6, 6.07) is 0.215. The Hall–Kier alpha value is -0.940. The summed E-state index contributed by atoms with van der Waals surface area (Å²) in [4.78, 5) is 19.2. The normalized spacial score (nSPS) is 22.5. The molecule has 1 fully saturated rings. The van der Waals surface area contributed by atoms with Gasteiger partial charge in [0.05, 0.1) is 11.2 Å². The van der Waals surface area contributed by atoms with E-state index in [0.717, 1.165) is 35.7 Å². The van der Waals surface area contributed by atoms with Crippen molar-refractivity contribution < 1.29 is 4.79 Å².